The lowest BCUT2D eigenvalue weighted by molar-refractivity contribution is -0.140. The molecule has 0 bridgehead atoms. The molecule has 1 aromatic rings. The van der Waals surface area contributed by atoms with E-state index in [9.17, 15) is 9.59 Å². The zero-order valence-corrected chi connectivity index (χ0v) is 12.8. The molecule has 0 fully saturated rings. The van der Waals surface area contributed by atoms with Crippen molar-refractivity contribution in [1.82, 2.24) is 15.1 Å². The zero-order chi connectivity index (χ0) is 15.1. The molecule has 2 N–H and O–H groups in total. The molecule has 20 heavy (non-hydrogen) atoms. The average Bonchev–Trinajstić information content (AvgIpc) is 2.84. The highest BCUT2D eigenvalue weighted by Gasteiger charge is 2.18. The number of nitrogens with zero attached hydrogens (tertiary/aromatic N) is 2. The standard InChI is InChI=1S/C13H21N3O3S/c1-4-9(2)16-6-5-11(15-16)7-20-8-12(13(18)19)14-10(3)17/h5-6,9,12H,4,7-8H2,1-3H3,(H,14,17)(H,18,19). The minimum absolute atomic E-state index is 0.325. The maximum Gasteiger partial charge on any atom is 0.327 e. The van der Waals surface area contributed by atoms with E-state index in [1.54, 1.807) is 0 Å². The summed E-state index contributed by atoms with van der Waals surface area (Å²) in [6.45, 7) is 5.52. The third-order valence-corrected chi connectivity index (χ3v) is 3.98. The molecule has 0 aliphatic heterocycles. The molecule has 0 aliphatic rings. The minimum Gasteiger partial charge on any atom is -0.480 e. The summed E-state index contributed by atoms with van der Waals surface area (Å²) in [5, 5.41) is 15.8. The maximum absolute atomic E-state index is 11.0. The molecule has 1 heterocycles. The first-order valence-electron chi connectivity index (χ1n) is 6.55. The second-order valence-electron chi connectivity index (χ2n) is 4.65. The van der Waals surface area contributed by atoms with Crippen molar-refractivity contribution in [3.05, 3.63) is 18.0 Å². The minimum atomic E-state index is -1.02. The lowest BCUT2D eigenvalue weighted by atomic mass is 10.3. The highest BCUT2D eigenvalue weighted by Crippen LogP contribution is 2.14. The first kappa shape index (κ1) is 16.6. The Kier molecular flexibility index (Phi) is 6.57. The second-order valence-corrected chi connectivity index (χ2v) is 5.68. The van der Waals surface area contributed by atoms with Crippen molar-refractivity contribution in [1.29, 1.82) is 0 Å². The highest BCUT2D eigenvalue weighted by atomic mass is 32.2. The Bertz CT molecular complexity index is 461. The molecule has 2 unspecified atom stereocenters. The number of hydrogen-bond acceptors (Lipinski definition) is 4. The highest BCUT2D eigenvalue weighted by molar-refractivity contribution is 7.98. The molecule has 1 aromatic heterocycles. The molecule has 0 saturated carbocycles. The summed E-state index contributed by atoms with van der Waals surface area (Å²) in [5.74, 6) is -0.394. The molecule has 6 nitrogen and oxygen atoms in total. The van der Waals surface area contributed by atoms with Gasteiger partial charge in [0.25, 0.3) is 0 Å². The predicted molar refractivity (Wildman–Crippen MR) is 78.6 cm³/mol. The first-order valence-corrected chi connectivity index (χ1v) is 7.71. The SMILES string of the molecule is CCC(C)n1ccc(CSCC(NC(C)=O)C(=O)O)n1. The Hall–Kier alpha value is -1.50. The van der Waals surface area contributed by atoms with Gasteiger partial charge in [-0.15, -0.1) is 0 Å². The number of carboxylic acid groups (broad SMARTS) is 1. The Balaban J connectivity index is 2.44. The van der Waals surface area contributed by atoms with Crippen LogP contribution in [0.25, 0.3) is 0 Å². The van der Waals surface area contributed by atoms with Gasteiger partial charge in [0.15, 0.2) is 0 Å². The number of aromatic nitrogens is 2. The third-order valence-electron chi connectivity index (χ3n) is 2.92. The molecule has 7 heteroatoms. The van der Waals surface area contributed by atoms with Crippen LogP contribution in [0, 0.1) is 0 Å². The summed E-state index contributed by atoms with van der Waals surface area (Å²) in [6.07, 6.45) is 2.95. The Morgan fingerprint density at radius 1 is 1.55 bits per heavy atom. The van der Waals surface area contributed by atoms with Gasteiger partial charge in [-0.1, -0.05) is 6.92 Å². The maximum atomic E-state index is 11.0. The van der Waals surface area contributed by atoms with Crippen LogP contribution < -0.4 is 5.32 Å². The molecule has 112 valence electrons. The van der Waals surface area contributed by atoms with E-state index in [4.69, 9.17) is 5.11 Å². The fourth-order valence-corrected chi connectivity index (χ4v) is 2.53. The van der Waals surface area contributed by atoms with Crippen molar-refractivity contribution >= 4 is 23.6 Å². The van der Waals surface area contributed by atoms with E-state index < -0.39 is 12.0 Å². The van der Waals surface area contributed by atoms with E-state index in [1.807, 2.05) is 16.9 Å². The van der Waals surface area contributed by atoms with Gasteiger partial charge < -0.3 is 10.4 Å². The lowest BCUT2D eigenvalue weighted by Crippen LogP contribution is -2.41. The lowest BCUT2D eigenvalue weighted by Gasteiger charge is -2.12. The van der Waals surface area contributed by atoms with Crippen molar-refractivity contribution in [2.45, 2.75) is 45.0 Å². The fraction of sp³-hybridized carbons (Fsp3) is 0.615. The largest absolute Gasteiger partial charge is 0.480 e. The Morgan fingerprint density at radius 2 is 2.25 bits per heavy atom. The summed E-state index contributed by atoms with van der Waals surface area (Å²) in [6, 6.07) is 1.45. The van der Waals surface area contributed by atoms with Gasteiger partial charge in [0, 0.05) is 30.7 Å². The monoisotopic (exact) mass is 299 g/mol. The van der Waals surface area contributed by atoms with E-state index >= 15 is 0 Å². The molecule has 0 aromatic carbocycles. The van der Waals surface area contributed by atoms with Crippen LogP contribution in [0.2, 0.25) is 0 Å². The number of aliphatic carboxylic acids is 1. The van der Waals surface area contributed by atoms with Crippen LogP contribution in [0.4, 0.5) is 0 Å². The summed E-state index contributed by atoms with van der Waals surface area (Å²) in [7, 11) is 0. The number of carbonyl (C=O) groups excluding carboxylic acids is 1. The molecule has 0 saturated heterocycles. The number of hydrogen-bond donors (Lipinski definition) is 2. The van der Waals surface area contributed by atoms with Crippen LogP contribution in [0.1, 0.15) is 38.9 Å². The number of thioether (sulfide) groups is 1. The van der Waals surface area contributed by atoms with Gasteiger partial charge in [-0.3, -0.25) is 9.48 Å². The van der Waals surface area contributed by atoms with Gasteiger partial charge in [-0.2, -0.15) is 16.9 Å². The quantitative estimate of drug-likeness (QED) is 0.763. The molecule has 1 rings (SSSR count). The van der Waals surface area contributed by atoms with Crippen molar-refractivity contribution < 1.29 is 14.7 Å². The Labute approximate surface area is 122 Å². The average molecular weight is 299 g/mol. The van der Waals surface area contributed by atoms with E-state index in [1.165, 1.54) is 18.7 Å². The Morgan fingerprint density at radius 3 is 2.80 bits per heavy atom. The van der Waals surface area contributed by atoms with Gasteiger partial charge in [-0.05, 0) is 19.4 Å². The van der Waals surface area contributed by atoms with Crippen molar-refractivity contribution in [3.63, 3.8) is 0 Å². The topological polar surface area (TPSA) is 84.2 Å². The number of nitrogens with one attached hydrogen (secondary N) is 1. The predicted octanol–water partition coefficient (Wildman–Crippen LogP) is 1.68. The van der Waals surface area contributed by atoms with Gasteiger partial charge in [-0.25, -0.2) is 4.79 Å². The van der Waals surface area contributed by atoms with E-state index in [-0.39, 0.29) is 5.91 Å². The number of amides is 1. The molecule has 0 aliphatic carbocycles. The van der Waals surface area contributed by atoms with Crippen molar-refractivity contribution in [2.24, 2.45) is 0 Å². The summed E-state index contributed by atoms with van der Waals surface area (Å²) in [5.41, 5.74) is 0.919. The smallest absolute Gasteiger partial charge is 0.327 e. The van der Waals surface area contributed by atoms with Crippen LogP contribution in [0.3, 0.4) is 0 Å². The normalized spacial score (nSPS) is 13.8. The summed E-state index contributed by atoms with van der Waals surface area (Å²) < 4.78 is 1.92. The van der Waals surface area contributed by atoms with Gasteiger partial charge in [0.05, 0.1) is 5.69 Å². The second kappa shape index (κ2) is 7.94. The molecule has 0 spiro atoms. The van der Waals surface area contributed by atoms with E-state index in [2.05, 4.69) is 24.3 Å². The molecular weight excluding hydrogens is 278 g/mol. The van der Waals surface area contributed by atoms with Crippen LogP contribution >= 0.6 is 11.8 Å². The molecule has 2 atom stereocenters. The van der Waals surface area contributed by atoms with Crippen molar-refractivity contribution in [2.75, 3.05) is 5.75 Å². The zero-order valence-electron chi connectivity index (χ0n) is 12.0. The number of carbonyl (C=O) groups is 2. The van der Waals surface area contributed by atoms with E-state index in [0.29, 0.717) is 17.5 Å². The third kappa shape index (κ3) is 5.24. The molecule has 0 radical (unpaired) electrons. The van der Waals surface area contributed by atoms with Gasteiger partial charge in [0.1, 0.15) is 6.04 Å². The number of rotatable bonds is 8. The van der Waals surface area contributed by atoms with Crippen LogP contribution in [-0.4, -0.2) is 38.6 Å². The van der Waals surface area contributed by atoms with E-state index in [0.717, 1.165) is 12.1 Å². The summed E-state index contributed by atoms with van der Waals surface area (Å²) in [4.78, 5) is 21.9. The fourth-order valence-electron chi connectivity index (χ4n) is 1.59. The van der Waals surface area contributed by atoms with Gasteiger partial charge >= 0.3 is 5.97 Å². The molecule has 1 amide bonds. The molecular formula is C13H21N3O3S. The van der Waals surface area contributed by atoms with Crippen LogP contribution in [0.5, 0.6) is 0 Å². The number of carboxylic acids is 1. The van der Waals surface area contributed by atoms with Gasteiger partial charge in [0.2, 0.25) is 5.91 Å². The van der Waals surface area contributed by atoms with Crippen LogP contribution in [-0.2, 0) is 15.3 Å². The van der Waals surface area contributed by atoms with Crippen LogP contribution in [0.15, 0.2) is 12.3 Å². The first-order chi connectivity index (χ1) is 9.43. The summed E-state index contributed by atoms with van der Waals surface area (Å²) >= 11 is 1.45. The van der Waals surface area contributed by atoms with Crippen molar-refractivity contribution in [3.8, 4) is 0 Å².